The molecule has 0 aliphatic heterocycles. The number of benzene rings is 3. The Balaban J connectivity index is 0.000000209. The molecule has 0 aliphatic rings. The highest BCUT2D eigenvalue weighted by atomic mass is 35.5. The van der Waals surface area contributed by atoms with Gasteiger partial charge in [-0.15, -0.1) is 0 Å². The summed E-state index contributed by atoms with van der Waals surface area (Å²) in [5, 5.41) is 10.6. The lowest BCUT2D eigenvalue weighted by molar-refractivity contribution is 0.477. The van der Waals surface area contributed by atoms with E-state index in [2.05, 4.69) is 26.8 Å². The number of phenolic OH excluding ortho intramolecular Hbond substituents is 1. The first-order valence-electron chi connectivity index (χ1n) is 8.74. The van der Waals surface area contributed by atoms with Crippen LogP contribution < -0.4 is 0 Å². The summed E-state index contributed by atoms with van der Waals surface area (Å²) in [6.07, 6.45) is 0.911. The molecule has 0 bridgehead atoms. The van der Waals surface area contributed by atoms with Crippen molar-refractivity contribution in [3.8, 4) is 16.9 Å². The minimum atomic E-state index is -0.269. The molecule has 0 aromatic heterocycles. The van der Waals surface area contributed by atoms with E-state index >= 15 is 0 Å². The number of halogens is 2. The third kappa shape index (κ3) is 5.60. The summed E-state index contributed by atoms with van der Waals surface area (Å²) in [4.78, 5) is 0. The molecule has 3 heteroatoms. The summed E-state index contributed by atoms with van der Waals surface area (Å²) in [5.41, 5.74) is 4.03. The third-order valence-corrected chi connectivity index (χ3v) is 4.37. The van der Waals surface area contributed by atoms with Crippen LogP contribution in [0.4, 0.5) is 4.39 Å². The summed E-state index contributed by atoms with van der Waals surface area (Å²) < 4.78 is 12.8. The maximum absolute atomic E-state index is 12.8. The minimum Gasteiger partial charge on any atom is -0.507 e. The molecule has 0 atom stereocenters. The van der Waals surface area contributed by atoms with E-state index in [1.54, 1.807) is 18.2 Å². The van der Waals surface area contributed by atoms with Gasteiger partial charge in [-0.05, 0) is 65.4 Å². The van der Waals surface area contributed by atoms with Crippen LogP contribution in [-0.2, 0) is 6.42 Å². The Morgan fingerprint density at radius 2 is 1.65 bits per heavy atom. The molecular weight excluding hydrogens is 347 g/mol. The highest BCUT2D eigenvalue weighted by Gasteiger charge is 2.05. The van der Waals surface area contributed by atoms with E-state index in [-0.39, 0.29) is 11.6 Å². The summed E-state index contributed by atoms with van der Waals surface area (Å²) in [7, 11) is 0. The summed E-state index contributed by atoms with van der Waals surface area (Å²) in [5.74, 6) is 0.525. The van der Waals surface area contributed by atoms with E-state index in [0.29, 0.717) is 5.92 Å². The van der Waals surface area contributed by atoms with Gasteiger partial charge in [0.05, 0.1) is 0 Å². The fourth-order valence-corrected chi connectivity index (χ4v) is 2.73. The van der Waals surface area contributed by atoms with Crippen LogP contribution in [0, 0.1) is 5.82 Å². The fourth-order valence-electron chi connectivity index (χ4n) is 2.53. The van der Waals surface area contributed by atoms with Crippen molar-refractivity contribution in [3.05, 3.63) is 88.7 Å². The van der Waals surface area contributed by atoms with Gasteiger partial charge in [-0.3, -0.25) is 0 Å². The average molecular weight is 371 g/mol. The molecule has 26 heavy (non-hydrogen) atoms. The second-order valence-electron chi connectivity index (χ2n) is 6.42. The van der Waals surface area contributed by atoms with Gasteiger partial charge in [-0.25, -0.2) is 4.39 Å². The first-order valence-corrected chi connectivity index (χ1v) is 9.11. The Morgan fingerprint density at radius 3 is 2.19 bits per heavy atom. The molecule has 0 heterocycles. The molecule has 1 N–H and O–H groups in total. The molecule has 0 spiro atoms. The van der Waals surface area contributed by atoms with Crippen molar-refractivity contribution in [2.75, 3.05) is 0 Å². The molecule has 0 radical (unpaired) electrons. The van der Waals surface area contributed by atoms with Crippen molar-refractivity contribution in [2.24, 2.45) is 0 Å². The monoisotopic (exact) mass is 370 g/mol. The molecule has 3 aromatic rings. The van der Waals surface area contributed by atoms with Gasteiger partial charge in [0, 0.05) is 10.6 Å². The number of hydrogen-bond acceptors (Lipinski definition) is 1. The first kappa shape index (κ1) is 20.0. The number of aryl methyl sites for hydroxylation is 1. The molecule has 0 saturated heterocycles. The summed E-state index contributed by atoms with van der Waals surface area (Å²) in [6.45, 7) is 6.37. The van der Waals surface area contributed by atoms with Gasteiger partial charge >= 0.3 is 0 Å². The quantitative estimate of drug-likeness (QED) is 0.515. The third-order valence-electron chi connectivity index (χ3n) is 4.14. The van der Waals surface area contributed by atoms with Crippen LogP contribution >= 0.6 is 11.6 Å². The number of aromatic hydroxyl groups is 1. The molecule has 0 fully saturated rings. The van der Waals surface area contributed by atoms with Crippen molar-refractivity contribution in [3.63, 3.8) is 0 Å². The predicted molar refractivity (Wildman–Crippen MR) is 108 cm³/mol. The second-order valence-corrected chi connectivity index (χ2v) is 6.86. The number of phenols is 1. The Bertz CT molecular complexity index is 841. The van der Waals surface area contributed by atoms with E-state index in [0.717, 1.165) is 28.1 Å². The van der Waals surface area contributed by atoms with Crippen molar-refractivity contribution in [1.29, 1.82) is 0 Å². The van der Waals surface area contributed by atoms with Crippen molar-refractivity contribution < 1.29 is 9.50 Å². The average Bonchev–Trinajstić information content (AvgIpc) is 2.63. The van der Waals surface area contributed by atoms with Crippen LogP contribution in [-0.4, -0.2) is 5.11 Å². The van der Waals surface area contributed by atoms with Crippen LogP contribution in [0.15, 0.2) is 66.7 Å². The fraction of sp³-hybridized carbons (Fsp3) is 0.217. The zero-order chi connectivity index (χ0) is 19.1. The predicted octanol–water partition coefficient (Wildman–Crippen LogP) is 7.22. The normalized spacial score (nSPS) is 10.4. The largest absolute Gasteiger partial charge is 0.507 e. The molecule has 1 nitrogen and oxygen atoms in total. The van der Waals surface area contributed by atoms with Gasteiger partial charge in [0.2, 0.25) is 0 Å². The van der Waals surface area contributed by atoms with E-state index in [1.807, 2.05) is 30.3 Å². The molecule has 0 saturated carbocycles. The van der Waals surface area contributed by atoms with Crippen LogP contribution in [0.3, 0.4) is 0 Å². The zero-order valence-corrected chi connectivity index (χ0v) is 16.1. The van der Waals surface area contributed by atoms with Crippen molar-refractivity contribution in [2.45, 2.75) is 33.1 Å². The van der Waals surface area contributed by atoms with Gasteiger partial charge in [-0.2, -0.15) is 0 Å². The SMILES string of the molecule is CC(C)c1cccc(Cl)c1.CCc1ccc(O)c(-c2ccc(F)cc2)c1. The van der Waals surface area contributed by atoms with E-state index in [9.17, 15) is 9.50 Å². The highest BCUT2D eigenvalue weighted by Crippen LogP contribution is 2.30. The molecule has 3 aromatic carbocycles. The lowest BCUT2D eigenvalue weighted by atomic mass is 10.0. The summed E-state index contributed by atoms with van der Waals surface area (Å²) >= 11 is 5.79. The van der Waals surface area contributed by atoms with Gasteiger partial charge < -0.3 is 5.11 Å². The molecule has 136 valence electrons. The number of hydrogen-bond donors (Lipinski definition) is 1. The Kier molecular flexibility index (Phi) is 7.23. The Hall–Kier alpha value is -2.32. The van der Waals surface area contributed by atoms with E-state index < -0.39 is 0 Å². The van der Waals surface area contributed by atoms with Gasteiger partial charge in [0.15, 0.2) is 0 Å². The van der Waals surface area contributed by atoms with Crippen LogP contribution in [0.5, 0.6) is 5.75 Å². The molecule has 0 unspecified atom stereocenters. The first-order chi connectivity index (χ1) is 12.4. The van der Waals surface area contributed by atoms with Gasteiger partial charge in [0.25, 0.3) is 0 Å². The molecular formula is C23H24ClFO. The summed E-state index contributed by atoms with van der Waals surface area (Å²) in [6, 6.07) is 19.6. The van der Waals surface area contributed by atoms with Gasteiger partial charge in [-0.1, -0.05) is 62.7 Å². The Morgan fingerprint density at radius 1 is 0.962 bits per heavy atom. The van der Waals surface area contributed by atoms with E-state index in [4.69, 9.17) is 11.6 Å². The zero-order valence-electron chi connectivity index (χ0n) is 15.3. The van der Waals surface area contributed by atoms with Crippen molar-refractivity contribution >= 4 is 11.6 Å². The molecule has 0 amide bonds. The smallest absolute Gasteiger partial charge is 0.123 e. The van der Waals surface area contributed by atoms with Gasteiger partial charge in [0.1, 0.15) is 11.6 Å². The Labute approximate surface area is 160 Å². The van der Waals surface area contributed by atoms with Crippen molar-refractivity contribution in [1.82, 2.24) is 0 Å². The maximum Gasteiger partial charge on any atom is 0.123 e. The van der Waals surface area contributed by atoms with Crippen LogP contribution in [0.25, 0.3) is 11.1 Å². The van der Waals surface area contributed by atoms with Crippen LogP contribution in [0.2, 0.25) is 5.02 Å². The number of rotatable bonds is 3. The lowest BCUT2D eigenvalue weighted by Crippen LogP contribution is -1.84. The molecule has 0 aliphatic carbocycles. The highest BCUT2D eigenvalue weighted by molar-refractivity contribution is 6.30. The topological polar surface area (TPSA) is 20.2 Å². The minimum absolute atomic E-state index is 0.226. The standard InChI is InChI=1S/C14H13FO.C9H11Cl/c1-2-10-3-8-14(16)13(9-10)11-4-6-12(15)7-5-11;1-7(2)8-4-3-5-9(10)6-8/h3-9,16H,2H2,1H3;3-7H,1-2H3. The second kappa shape index (κ2) is 9.40. The van der Waals surface area contributed by atoms with E-state index in [1.165, 1.54) is 17.7 Å². The lowest BCUT2D eigenvalue weighted by Gasteiger charge is -2.07. The maximum atomic E-state index is 12.8. The molecule has 3 rings (SSSR count). The van der Waals surface area contributed by atoms with Crippen LogP contribution in [0.1, 0.15) is 37.8 Å².